The van der Waals surface area contributed by atoms with Crippen LogP contribution in [0.2, 0.25) is 0 Å². The molecular formula is C21H20N4O3S. The Balaban J connectivity index is 1.71. The number of hydrogen-bond acceptors (Lipinski definition) is 6. The first-order valence-electron chi connectivity index (χ1n) is 9.21. The molecule has 1 aliphatic heterocycles. The van der Waals surface area contributed by atoms with Crippen LogP contribution in [-0.4, -0.2) is 62.7 Å². The molecule has 1 saturated heterocycles. The summed E-state index contributed by atoms with van der Waals surface area (Å²) in [6, 6.07) is 13.3. The number of para-hydroxylation sites is 1. The Labute approximate surface area is 172 Å². The van der Waals surface area contributed by atoms with E-state index in [0.717, 1.165) is 11.3 Å². The maximum Gasteiger partial charge on any atom is 0.320 e. The highest BCUT2D eigenvalue weighted by atomic mass is 32.2. The van der Waals surface area contributed by atoms with Crippen molar-refractivity contribution in [1.29, 1.82) is 0 Å². The smallest absolute Gasteiger partial charge is 0.320 e. The van der Waals surface area contributed by atoms with Crippen LogP contribution in [0.4, 0.5) is 0 Å². The number of ether oxygens (including phenoxy) is 1. The van der Waals surface area contributed by atoms with Gasteiger partial charge in [-0.25, -0.2) is 4.68 Å². The van der Waals surface area contributed by atoms with Crippen LogP contribution in [0.3, 0.4) is 0 Å². The molecule has 0 spiro atoms. The largest absolute Gasteiger partial charge is 0.468 e. The van der Waals surface area contributed by atoms with E-state index in [2.05, 4.69) is 10.1 Å². The first-order valence-corrected chi connectivity index (χ1v) is 10.3. The number of carbonyl (C=O) groups excluding carboxylic acids is 2. The van der Waals surface area contributed by atoms with Crippen LogP contribution in [-0.2, 0) is 9.53 Å². The third-order valence-corrected chi connectivity index (χ3v) is 5.88. The van der Waals surface area contributed by atoms with Crippen molar-refractivity contribution < 1.29 is 14.3 Å². The maximum atomic E-state index is 13.4. The van der Waals surface area contributed by atoms with Crippen LogP contribution >= 0.6 is 11.8 Å². The lowest BCUT2D eigenvalue weighted by molar-refractivity contribution is -0.140. The van der Waals surface area contributed by atoms with Crippen molar-refractivity contribution in [3.05, 3.63) is 66.6 Å². The molecule has 3 heterocycles. The zero-order valence-corrected chi connectivity index (χ0v) is 16.7. The van der Waals surface area contributed by atoms with Gasteiger partial charge in [0.1, 0.15) is 10.9 Å². The molecule has 1 amide bonds. The molecule has 8 heteroatoms. The van der Waals surface area contributed by atoms with Crippen molar-refractivity contribution in [3.8, 4) is 16.9 Å². The predicted octanol–water partition coefficient (Wildman–Crippen LogP) is 2.66. The Kier molecular flexibility index (Phi) is 5.62. The topological polar surface area (TPSA) is 77.3 Å². The van der Waals surface area contributed by atoms with E-state index in [1.54, 1.807) is 28.2 Å². The number of carbonyl (C=O) groups is 2. The van der Waals surface area contributed by atoms with Gasteiger partial charge < -0.3 is 9.64 Å². The number of amides is 1. The molecule has 1 atom stereocenters. The van der Waals surface area contributed by atoms with Gasteiger partial charge in [0.2, 0.25) is 0 Å². The number of hydrogen-bond donors (Lipinski definition) is 0. The van der Waals surface area contributed by atoms with Gasteiger partial charge in [-0.2, -0.15) is 5.10 Å². The van der Waals surface area contributed by atoms with Crippen LogP contribution in [0.5, 0.6) is 0 Å². The molecule has 1 fully saturated rings. The number of rotatable bonds is 4. The summed E-state index contributed by atoms with van der Waals surface area (Å²) < 4.78 is 6.56. The van der Waals surface area contributed by atoms with E-state index in [4.69, 9.17) is 4.74 Å². The molecule has 7 nitrogen and oxygen atoms in total. The van der Waals surface area contributed by atoms with Gasteiger partial charge in [-0.1, -0.05) is 18.2 Å². The average Bonchev–Trinajstić information content (AvgIpc) is 3.25. The normalized spacial score (nSPS) is 16.4. The van der Waals surface area contributed by atoms with Crippen molar-refractivity contribution in [3.63, 3.8) is 0 Å². The summed E-state index contributed by atoms with van der Waals surface area (Å²) in [4.78, 5) is 31.2. The molecule has 1 aromatic carbocycles. The molecule has 0 bridgehead atoms. The molecule has 0 saturated carbocycles. The van der Waals surface area contributed by atoms with E-state index in [0.29, 0.717) is 30.1 Å². The highest BCUT2D eigenvalue weighted by molar-refractivity contribution is 8.00. The summed E-state index contributed by atoms with van der Waals surface area (Å²) >= 11 is 1.52. The lowest BCUT2D eigenvalue weighted by atomic mass is 10.1. The number of esters is 1. The van der Waals surface area contributed by atoms with Crippen molar-refractivity contribution in [1.82, 2.24) is 19.7 Å². The Hall–Kier alpha value is -3.13. The van der Waals surface area contributed by atoms with Crippen molar-refractivity contribution in [2.45, 2.75) is 5.25 Å². The van der Waals surface area contributed by atoms with Gasteiger partial charge in [0.25, 0.3) is 5.91 Å². The molecule has 0 radical (unpaired) electrons. The van der Waals surface area contributed by atoms with E-state index in [1.807, 2.05) is 42.5 Å². The zero-order chi connectivity index (χ0) is 20.2. The number of benzene rings is 1. The highest BCUT2D eigenvalue weighted by Crippen LogP contribution is 2.27. The van der Waals surface area contributed by atoms with Gasteiger partial charge in [0.15, 0.2) is 0 Å². The van der Waals surface area contributed by atoms with Gasteiger partial charge in [0, 0.05) is 43.0 Å². The minimum atomic E-state index is -0.372. The molecule has 1 aliphatic rings. The van der Waals surface area contributed by atoms with Crippen LogP contribution in [0.25, 0.3) is 16.9 Å². The van der Waals surface area contributed by atoms with Crippen molar-refractivity contribution in [2.24, 2.45) is 0 Å². The summed E-state index contributed by atoms with van der Waals surface area (Å²) in [5.41, 5.74) is 2.68. The highest BCUT2D eigenvalue weighted by Gasteiger charge is 2.32. The lowest BCUT2D eigenvalue weighted by Gasteiger charge is -2.30. The molecule has 3 aromatic rings. The van der Waals surface area contributed by atoms with Crippen molar-refractivity contribution in [2.75, 3.05) is 26.0 Å². The molecule has 0 aliphatic carbocycles. The second-order valence-electron chi connectivity index (χ2n) is 6.55. The van der Waals surface area contributed by atoms with E-state index < -0.39 is 0 Å². The molecule has 4 rings (SSSR count). The van der Waals surface area contributed by atoms with Gasteiger partial charge in [-0.3, -0.25) is 14.6 Å². The Morgan fingerprint density at radius 3 is 2.72 bits per heavy atom. The van der Waals surface area contributed by atoms with E-state index in [1.165, 1.54) is 18.9 Å². The maximum absolute atomic E-state index is 13.4. The third-order valence-electron chi connectivity index (χ3n) is 4.72. The number of pyridine rings is 1. The molecule has 29 heavy (non-hydrogen) atoms. The first-order chi connectivity index (χ1) is 14.2. The minimum Gasteiger partial charge on any atom is -0.468 e. The Morgan fingerprint density at radius 1 is 1.17 bits per heavy atom. The van der Waals surface area contributed by atoms with Gasteiger partial charge in [-0.15, -0.1) is 11.8 Å². The second-order valence-corrected chi connectivity index (χ2v) is 7.86. The standard InChI is InChI=1S/C21H20N4O3S/c1-28-21(27)18-14-24(10-11-29-18)20(26)17-13-25(16-7-3-2-4-8-16)23-19(17)15-6-5-9-22-12-15/h2-9,12-13,18H,10-11,14H2,1H3/t18-/m0/s1. The molecule has 148 valence electrons. The summed E-state index contributed by atoms with van der Waals surface area (Å²) in [7, 11) is 1.37. The monoisotopic (exact) mass is 408 g/mol. The van der Waals surface area contributed by atoms with E-state index in [9.17, 15) is 9.59 Å². The van der Waals surface area contributed by atoms with Crippen LogP contribution in [0, 0.1) is 0 Å². The predicted molar refractivity (Wildman–Crippen MR) is 111 cm³/mol. The third kappa shape index (κ3) is 4.02. The number of thioether (sulfide) groups is 1. The summed E-state index contributed by atoms with van der Waals surface area (Å²) in [6.45, 7) is 0.888. The minimum absolute atomic E-state index is 0.153. The number of nitrogens with zero attached hydrogens (tertiary/aromatic N) is 4. The molecule has 2 aromatic heterocycles. The summed E-state index contributed by atoms with van der Waals surface area (Å²) in [5, 5.41) is 4.30. The zero-order valence-electron chi connectivity index (χ0n) is 15.9. The molecule has 0 N–H and O–H groups in total. The van der Waals surface area contributed by atoms with E-state index in [-0.39, 0.29) is 17.1 Å². The number of methoxy groups -OCH3 is 1. The quantitative estimate of drug-likeness (QED) is 0.618. The van der Waals surface area contributed by atoms with Gasteiger partial charge in [0.05, 0.1) is 18.4 Å². The number of aromatic nitrogens is 3. The van der Waals surface area contributed by atoms with Crippen LogP contribution < -0.4 is 0 Å². The fraction of sp³-hybridized carbons (Fsp3) is 0.238. The fourth-order valence-corrected chi connectivity index (χ4v) is 4.37. The van der Waals surface area contributed by atoms with Crippen LogP contribution in [0.15, 0.2) is 61.1 Å². The van der Waals surface area contributed by atoms with E-state index >= 15 is 0 Å². The first kappa shape index (κ1) is 19.2. The lowest BCUT2D eigenvalue weighted by Crippen LogP contribution is -2.45. The van der Waals surface area contributed by atoms with Gasteiger partial charge >= 0.3 is 5.97 Å². The van der Waals surface area contributed by atoms with Crippen LogP contribution in [0.1, 0.15) is 10.4 Å². The SMILES string of the molecule is COC(=O)[C@@H]1CN(C(=O)c2cn(-c3ccccc3)nc2-c2cccnc2)CCS1. The summed E-state index contributed by atoms with van der Waals surface area (Å²) in [6.07, 6.45) is 5.12. The Morgan fingerprint density at radius 2 is 2.00 bits per heavy atom. The second kappa shape index (κ2) is 8.48. The average molecular weight is 408 g/mol. The molecule has 0 unspecified atom stereocenters. The fourth-order valence-electron chi connectivity index (χ4n) is 3.24. The van der Waals surface area contributed by atoms with Gasteiger partial charge in [-0.05, 0) is 24.3 Å². The van der Waals surface area contributed by atoms with Crippen molar-refractivity contribution >= 4 is 23.6 Å². The molecular weight excluding hydrogens is 388 g/mol. The summed E-state index contributed by atoms with van der Waals surface area (Å²) in [5.74, 6) is 0.223. The Bertz CT molecular complexity index is 1010.